The highest BCUT2D eigenvalue weighted by molar-refractivity contribution is 6.07. The van der Waals surface area contributed by atoms with Crippen molar-refractivity contribution in [1.29, 1.82) is 0 Å². The minimum Gasteiger partial charge on any atom is -0.462 e. The quantitative estimate of drug-likeness (QED) is 0.619. The minimum absolute atomic E-state index is 0.254. The fourth-order valence-corrected chi connectivity index (χ4v) is 1.87. The Kier molecular flexibility index (Phi) is 5.67. The first kappa shape index (κ1) is 17.2. The number of hydrogen-bond acceptors (Lipinski definition) is 6. The summed E-state index contributed by atoms with van der Waals surface area (Å²) in [6, 6.07) is 7.73. The lowest BCUT2D eigenvalue weighted by Crippen LogP contribution is -2.21. The first-order valence-electron chi connectivity index (χ1n) is 7.28. The van der Waals surface area contributed by atoms with Crippen LogP contribution in [0.1, 0.15) is 29.5 Å². The molecule has 24 heavy (non-hydrogen) atoms. The molecule has 0 atom stereocenters. The van der Waals surface area contributed by atoms with E-state index in [1.54, 1.807) is 32.0 Å². The van der Waals surface area contributed by atoms with Crippen LogP contribution in [-0.4, -0.2) is 29.5 Å². The van der Waals surface area contributed by atoms with Crippen LogP contribution in [-0.2, 0) is 14.3 Å². The maximum atomic E-state index is 11.8. The van der Waals surface area contributed by atoms with Crippen molar-refractivity contribution in [2.75, 3.05) is 17.2 Å². The van der Waals surface area contributed by atoms with Crippen molar-refractivity contribution in [2.24, 2.45) is 0 Å². The number of rotatable bonds is 6. The van der Waals surface area contributed by atoms with Gasteiger partial charge in [0.05, 0.1) is 12.2 Å². The fourth-order valence-electron chi connectivity index (χ4n) is 1.87. The zero-order valence-corrected chi connectivity index (χ0v) is 13.3. The van der Waals surface area contributed by atoms with Crippen molar-refractivity contribution < 1.29 is 23.6 Å². The fraction of sp³-hybridized carbons (Fsp3) is 0.250. The Bertz CT molecular complexity index is 736. The topological polar surface area (TPSA) is 111 Å². The molecular weight excluding hydrogens is 314 g/mol. The lowest BCUT2D eigenvalue weighted by molar-refractivity contribution is -0.123. The third-order valence-corrected chi connectivity index (χ3v) is 2.90. The normalized spacial score (nSPS) is 10.1. The Hall–Kier alpha value is -3.16. The van der Waals surface area contributed by atoms with E-state index in [1.807, 2.05) is 0 Å². The average Bonchev–Trinajstić information content (AvgIpc) is 2.92. The summed E-state index contributed by atoms with van der Waals surface area (Å²) in [4.78, 5) is 35.1. The summed E-state index contributed by atoms with van der Waals surface area (Å²) in [5, 5.41) is 8.62. The zero-order chi connectivity index (χ0) is 17.5. The monoisotopic (exact) mass is 331 g/mol. The Balaban J connectivity index is 1.85. The average molecular weight is 331 g/mol. The van der Waals surface area contributed by atoms with Crippen LogP contribution in [0.25, 0.3) is 0 Å². The summed E-state index contributed by atoms with van der Waals surface area (Å²) in [7, 11) is 0. The maximum Gasteiger partial charge on any atom is 0.338 e. The SMILES string of the molecule is CCOC(=O)c1ccc(NC(=O)CC(=O)Nc2cc(C)on2)cc1. The van der Waals surface area contributed by atoms with Gasteiger partial charge in [-0.05, 0) is 38.1 Å². The van der Waals surface area contributed by atoms with Gasteiger partial charge < -0.3 is 19.9 Å². The molecule has 126 valence electrons. The summed E-state index contributed by atoms with van der Waals surface area (Å²) < 4.78 is 9.68. The van der Waals surface area contributed by atoms with Crippen LogP contribution in [0.15, 0.2) is 34.9 Å². The van der Waals surface area contributed by atoms with Gasteiger partial charge in [-0.25, -0.2) is 4.79 Å². The molecule has 0 spiro atoms. The number of nitrogens with one attached hydrogen (secondary N) is 2. The summed E-state index contributed by atoms with van der Waals surface area (Å²) >= 11 is 0. The van der Waals surface area contributed by atoms with E-state index in [1.165, 1.54) is 12.1 Å². The molecule has 2 aromatic rings. The number of aryl methyl sites for hydroxylation is 1. The largest absolute Gasteiger partial charge is 0.462 e. The second-order valence-corrected chi connectivity index (χ2v) is 4.89. The first-order valence-corrected chi connectivity index (χ1v) is 7.28. The number of esters is 1. The van der Waals surface area contributed by atoms with Crippen LogP contribution in [0.3, 0.4) is 0 Å². The number of ether oxygens (including phenoxy) is 1. The van der Waals surface area contributed by atoms with Gasteiger partial charge in [-0.3, -0.25) is 9.59 Å². The van der Waals surface area contributed by atoms with Crippen LogP contribution in [0.5, 0.6) is 0 Å². The Morgan fingerprint density at radius 3 is 2.38 bits per heavy atom. The summed E-state index contributed by atoms with van der Waals surface area (Å²) in [6.07, 6.45) is -0.370. The van der Waals surface area contributed by atoms with Gasteiger partial charge >= 0.3 is 5.97 Å². The van der Waals surface area contributed by atoms with Crippen molar-refractivity contribution in [1.82, 2.24) is 5.16 Å². The van der Waals surface area contributed by atoms with E-state index in [0.717, 1.165) is 0 Å². The van der Waals surface area contributed by atoms with Crippen molar-refractivity contribution >= 4 is 29.3 Å². The molecule has 0 saturated carbocycles. The van der Waals surface area contributed by atoms with Crippen LogP contribution in [0.4, 0.5) is 11.5 Å². The van der Waals surface area contributed by atoms with E-state index in [4.69, 9.17) is 9.26 Å². The molecule has 0 unspecified atom stereocenters. The van der Waals surface area contributed by atoms with Gasteiger partial charge in [-0.2, -0.15) is 0 Å². The Labute approximate surface area is 138 Å². The summed E-state index contributed by atoms with van der Waals surface area (Å²) in [6.45, 7) is 3.70. The molecule has 0 bridgehead atoms. The van der Waals surface area contributed by atoms with E-state index in [2.05, 4.69) is 15.8 Å². The van der Waals surface area contributed by atoms with Crippen molar-refractivity contribution in [3.8, 4) is 0 Å². The second kappa shape index (κ2) is 7.91. The van der Waals surface area contributed by atoms with Crippen LogP contribution in [0, 0.1) is 6.92 Å². The minimum atomic E-state index is -0.510. The van der Waals surface area contributed by atoms with Gasteiger partial charge in [0.1, 0.15) is 12.2 Å². The molecule has 0 saturated heterocycles. The molecule has 2 amide bonds. The molecule has 0 aliphatic carbocycles. The number of amides is 2. The predicted octanol–water partition coefficient (Wildman–Crippen LogP) is 2.13. The van der Waals surface area contributed by atoms with E-state index in [-0.39, 0.29) is 18.8 Å². The van der Waals surface area contributed by atoms with E-state index in [9.17, 15) is 14.4 Å². The number of benzene rings is 1. The zero-order valence-electron chi connectivity index (χ0n) is 13.3. The summed E-state index contributed by atoms with van der Waals surface area (Å²) in [5.74, 6) is -0.626. The van der Waals surface area contributed by atoms with Gasteiger partial charge in [0.15, 0.2) is 5.82 Å². The lowest BCUT2D eigenvalue weighted by Gasteiger charge is -2.06. The first-order chi connectivity index (χ1) is 11.5. The summed E-state index contributed by atoms with van der Waals surface area (Å²) in [5.41, 5.74) is 0.854. The Morgan fingerprint density at radius 2 is 1.79 bits per heavy atom. The molecule has 0 fully saturated rings. The highest BCUT2D eigenvalue weighted by atomic mass is 16.5. The van der Waals surface area contributed by atoms with Crippen molar-refractivity contribution in [2.45, 2.75) is 20.3 Å². The van der Waals surface area contributed by atoms with Gasteiger partial charge in [0.25, 0.3) is 0 Å². The van der Waals surface area contributed by atoms with E-state index >= 15 is 0 Å². The van der Waals surface area contributed by atoms with Gasteiger partial charge in [0, 0.05) is 11.8 Å². The molecule has 1 aromatic carbocycles. The molecule has 1 aromatic heterocycles. The second-order valence-electron chi connectivity index (χ2n) is 4.89. The van der Waals surface area contributed by atoms with E-state index < -0.39 is 17.8 Å². The molecule has 0 aliphatic heterocycles. The molecule has 0 radical (unpaired) electrons. The number of aromatic nitrogens is 1. The van der Waals surface area contributed by atoms with E-state index in [0.29, 0.717) is 17.0 Å². The Morgan fingerprint density at radius 1 is 1.12 bits per heavy atom. The third-order valence-electron chi connectivity index (χ3n) is 2.90. The molecule has 2 N–H and O–H groups in total. The standard InChI is InChI=1S/C16H17N3O5/c1-3-23-16(22)11-4-6-12(7-5-11)17-14(20)9-15(21)18-13-8-10(2)24-19-13/h4-8H,3,9H2,1-2H3,(H,17,20)(H,18,19,21). The van der Waals surface area contributed by atoms with Crippen LogP contribution >= 0.6 is 0 Å². The molecule has 1 heterocycles. The van der Waals surface area contributed by atoms with Crippen molar-refractivity contribution in [3.05, 3.63) is 41.7 Å². The van der Waals surface area contributed by atoms with Gasteiger partial charge in [-0.15, -0.1) is 0 Å². The van der Waals surface area contributed by atoms with Crippen molar-refractivity contribution in [3.63, 3.8) is 0 Å². The number of nitrogens with zero attached hydrogens (tertiary/aromatic N) is 1. The number of carbonyl (C=O) groups is 3. The van der Waals surface area contributed by atoms with Crippen LogP contribution < -0.4 is 10.6 Å². The maximum absolute atomic E-state index is 11.8. The molecule has 8 nitrogen and oxygen atoms in total. The van der Waals surface area contributed by atoms with Crippen LogP contribution in [0.2, 0.25) is 0 Å². The third kappa shape index (κ3) is 4.94. The molecular formula is C16H17N3O5. The number of carbonyl (C=O) groups excluding carboxylic acids is 3. The van der Waals surface area contributed by atoms with Gasteiger partial charge in [-0.1, -0.05) is 5.16 Å². The highest BCUT2D eigenvalue weighted by Gasteiger charge is 2.12. The number of hydrogen-bond donors (Lipinski definition) is 2. The molecule has 0 aliphatic rings. The lowest BCUT2D eigenvalue weighted by atomic mass is 10.2. The molecule has 2 rings (SSSR count). The predicted molar refractivity (Wildman–Crippen MR) is 85.5 cm³/mol. The van der Waals surface area contributed by atoms with Gasteiger partial charge in [0.2, 0.25) is 11.8 Å². The molecule has 8 heteroatoms. The smallest absolute Gasteiger partial charge is 0.338 e. The number of anilines is 2. The highest BCUT2D eigenvalue weighted by Crippen LogP contribution is 2.12.